The minimum atomic E-state index is -0.997. The molecule has 0 amide bonds. The molecule has 0 bridgehead atoms. The zero-order valence-corrected chi connectivity index (χ0v) is 18.6. The van der Waals surface area contributed by atoms with Crippen LogP contribution in [0.1, 0.15) is 51.5 Å². The highest BCUT2D eigenvalue weighted by Gasteiger charge is 2.28. The number of nitrogen functional groups attached to an aromatic ring is 1. The van der Waals surface area contributed by atoms with E-state index < -0.39 is 12.0 Å². The molecule has 32 heavy (non-hydrogen) atoms. The number of nitrogens with one attached hydrogen (secondary N) is 1. The van der Waals surface area contributed by atoms with E-state index in [0.29, 0.717) is 36.1 Å². The molecule has 1 aliphatic rings. The molecule has 174 valence electrons. The second-order valence-electron chi connectivity index (χ2n) is 8.03. The van der Waals surface area contributed by atoms with Gasteiger partial charge in [-0.3, -0.25) is 5.01 Å². The largest absolute Gasteiger partial charge is 0.480 e. The maximum absolute atomic E-state index is 13.6. The maximum atomic E-state index is 13.6. The molecule has 1 unspecified atom stereocenters. The Hall–Kier alpha value is -3.14. The summed E-state index contributed by atoms with van der Waals surface area (Å²) >= 11 is 0. The summed E-state index contributed by atoms with van der Waals surface area (Å²) in [5.74, 6) is 5.89. The Morgan fingerprint density at radius 1 is 1.28 bits per heavy atom. The van der Waals surface area contributed by atoms with E-state index in [1.165, 1.54) is 17.1 Å². The summed E-state index contributed by atoms with van der Waals surface area (Å²) in [6.07, 6.45) is 4.71. The lowest BCUT2D eigenvalue weighted by molar-refractivity contribution is -0.138. The summed E-state index contributed by atoms with van der Waals surface area (Å²) in [7, 11) is 0. The smallest absolute Gasteiger partial charge is 0.326 e. The number of carboxylic acid groups (broad SMARTS) is 1. The van der Waals surface area contributed by atoms with Gasteiger partial charge in [0.2, 0.25) is 5.95 Å². The van der Waals surface area contributed by atoms with E-state index >= 15 is 0 Å². The lowest BCUT2D eigenvalue weighted by Crippen LogP contribution is -2.37. The van der Waals surface area contributed by atoms with Crippen LogP contribution in [0.5, 0.6) is 0 Å². The molecule has 1 atom stereocenters. The van der Waals surface area contributed by atoms with Crippen LogP contribution in [0.25, 0.3) is 0 Å². The van der Waals surface area contributed by atoms with Crippen molar-refractivity contribution in [3.8, 4) is 0 Å². The molecule has 10 heteroatoms. The minimum Gasteiger partial charge on any atom is -0.480 e. The lowest BCUT2D eigenvalue weighted by Gasteiger charge is -2.31. The van der Waals surface area contributed by atoms with Crippen molar-refractivity contribution >= 4 is 29.2 Å². The van der Waals surface area contributed by atoms with Crippen LogP contribution in [0.4, 0.5) is 27.7 Å². The Morgan fingerprint density at radius 2 is 1.97 bits per heavy atom. The molecule has 1 fully saturated rings. The van der Waals surface area contributed by atoms with Gasteiger partial charge in [0, 0.05) is 12.6 Å². The molecule has 6 N–H and O–H groups in total. The first-order chi connectivity index (χ1) is 15.3. The predicted octanol–water partition coefficient (Wildman–Crippen LogP) is 3.12. The molecule has 1 aromatic carbocycles. The summed E-state index contributed by atoms with van der Waals surface area (Å²) < 4.78 is 13.6. The van der Waals surface area contributed by atoms with E-state index in [2.05, 4.69) is 20.2 Å². The molecule has 2 aromatic rings. The van der Waals surface area contributed by atoms with Crippen molar-refractivity contribution in [3.05, 3.63) is 35.6 Å². The van der Waals surface area contributed by atoms with Gasteiger partial charge >= 0.3 is 5.97 Å². The first-order valence-electron chi connectivity index (χ1n) is 11.0. The maximum Gasteiger partial charge on any atom is 0.326 e. The average Bonchev–Trinajstić information content (AvgIpc) is 3.28. The van der Waals surface area contributed by atoms with Gasteiger partial charge in [0.25, 0.3) is 0 Å². The molecular formula is C22H32FN7O2. The molecule has 1 saturated carbocycles. The molecule has 1 heterocycles. The molecule has 0 spiro atoms. The highest BCUT2D eigenvalue weighted by Crippen LogP contribution is 2.35. The van der Waals surface area contributed by atoms with Crippen LogP contribution in [0.3, 0.4) is 0 Å². The number of nitrogens with zero attached hydrogens (tertiary/aromatic N) is 4. The summed E-state index contributed by atoms with van der Waals surface area (Å²) in [5, 5.41) is 13.7. The zero-order chi connectivity index (χ0) is 23.3. The Bertz CT molecular complexity index is 936. The number of carboxylic acids is 1. The highest BCUT2D eigenvalue weighted by atomic mass is 19.1. The summed E-state index contributed by atoms with van der Waals surface area (Å²) in [4.78, 5) is 22.7. The van der Waals surface area contributed by atoms with Gasteiger partial charge < -0.3 is 21.1 Å². The normalized spacial score (nSPS) is 14.9. The van der Waals surface area contributed by atoms with Gasteiger partial charge in [0.15, 0.2) is 11.6 Å². The number of carbonyl (C=O) groups is 1. The SMILES string of the molecule is CCC(Nc1nc(N(N)Cc2cccc(F)c2)c(N)c(N(CC)C2CCCC2)n1)C(=O)O. The topological polar surface area (TPSA) is 134 Å². The second kappa shape index (κ2) is 10.4. The van der Waals surface area contributed by atoms with Gasteiger partial charge in [0.1, 0.15) is 17.5 Å². The quantitative estimate of drug-likeness (QED) is 0.321. The summed E-state index contributed by atoms with van der Waals surface area (Å²) in [6, 6.07) is 5.57. The third-order valence-corrected chi connectivity index (χ3v) is 5.81. The molecule has 0 radical (unpaired) electrons. The fourth-order valence-corrected chi connectivity index (χ4v) is 4.15. The molecule has 9 nitrogen and oxygen atoms in total. The lowest BCUT2D eigenvalue weighted by atomic mass is 10.2. The van der Waals surface area contributed by atoms with Gasteiger partial charge in [-0.05, 0) is 43.9 Å². The standard InChI is InChI=1S/C22H32FN7O2/c1-3-17(21(31)32)26-22-27-19(29(4-2)16-10-5-6-11-16)18(24)20(28-22)30(25)13-14-8-7-9-15(23)12-14/h7-9,12,16-17H,3-6,10-11,13,24-25H2,1-2H3,(H,31,32)(H,26,27,28). The number of hydrogen-bond donors (Lipinski definition) is 4. The Morgan fingerprint density at radius 3 is 2.56 bits per heavy atom. The molecule has 1 aliphatic carbocycles. The molecule has 1 aromatic heterocycles. The molecule has 3 rings (SSSR count). The van der Waals surface area contributed by atoms with Crippen LogP contribution in [0.2, 0.25) is 0 Å². The van der Waals surface area contributed by atoms with Crippen molar-refractivity contribution in [2.45, 2.75) is 64.6 Å². The summed E-state index contributed by atoms with van der Waals surface area (Å²) in [6.45, 7) is 4.66. The van der Waals surface area contributed by atoms with Crippen LogP contribution in [-0.4, -0.2) is 39.7 Å². The first-order valence-corrected chi connectivity index (χ1v) is 11.0. The number of nitrogens with two attached hydrogens (primary N) is 2. The number of anilines is 4. The number of aliphatic carboxylic acids is 1. The number of hydrogen-bond acceptors (Lipinski definition) is 8. The number of benzene rings is 1. The Kier molecular flexibility index (Phi) is 7.68. The van der Waals surface area contributed by atoms with Crippen molar-refractivity contribution in [1.29, 1.82) is 0 Å². The van der Waals surface area contributed by atoms with Gasteiger partial charge in [-0.25, -0.2) is 15.0 Å². The van der Waals surface area contributed by atoms with Crippen molar-refractivity contribution in [3.63, 3.8) is 0 Å². The number of hydrazine groups is 1. The van der Waals surface area contributed by atoms with Crippen molar-refractivity contribution in [1.82, 2.24) is 9.97 Å². The van der Waals surface area contributed by atoms with E-state index in [1.807, 2.05) is 6.92 Å². The first kappa shape index (κ1) is 23.5. The van der Waals surface area contributed by atoms with Crippen molar-refractivity contribution < 1.29 is 14.3 Å². The van der Waals surface area contributed by atoms with Gasteiger partial charge in [0.05, 0.1) is 6.54 Å². The predicted molar refractivity (Wildman–Crippen MR) is 124 cm³/mol. The van der Waals surface area contributed by atoms with E-state index in [-0.39, 0.29) is 24.1 Å². The third kappa shape index (κ3) is 5.37. The van der Waals surface area contributed by atoms with Crippen LogP contribution in [0, 0.1) is 5.82 Å². The molecule has 0 aliphatic heterocycles. The fraction of sp³-hybridized carbons (Fsp3) is 0.500. The average molecular weight is 446 g/mol. The summed E-state index contributed by atoms with van der Waals surface area (Å²) in [5.41, 5.74) is 7.46. The Balaban J connectivity index is 2.01. The monoisotopic (exact) mass is 445 g/mol. The van der Waals surface area contributed by atoms with Crippen molar-refractivity contribution in [2.24, 2.45) is 5.84 Å². The van der Waals surface area contributed by atoms with E-state index in [1.54, 1.807) is 19.1 Å². The highest BCUT2D eigenvalue weighted by molar-refractivity contribution is 5.80. The Labute approximate surface area is 187 Å². The number of rotatable bonds is 10. The second-order valence-corrected chi connectivity index (χ2v) is 8.03. The van der Waals surface area contributed by atoms with Crippen LogP contribution in [0.15, 0.2) is 24.3 Å². The van der Waals surface area contributed by atoms with Gasteiger partial charge in [-0.1, -0.05) is 31.9 Å². The fourth-order valence-electron chi connectivity index (χ4n) is 4.15. The minimum absolute atomic E-state index is 0.143. The third-order valence-electron chi connectivity index (χ3n) is 5.81. The van der Waals surface area contributed by atoms with Gasteiger partial charge in [-0.2, -0.15) is 9.97 Å². The van der Waals surface area contributed by atoms with E-state index in [9.17, 15) is 14.3 Å². The van der Waals surface area contributed by atoms with Crippen LogP contribution in [-0.2, 0) is 11.3 Å². The van der Waals surface area contributed by atoms with E-state index in [0.717, 1.165) is 25.7 Å². The van der Waals surface area contributed by atoms with E-state index in [4.69, 9.17) is 11.6 Å². The molecular weight excluding hydrogens is 413 g/mol. The number of halogens is 1. The van der Waals surface area contributed by atoms with Crippen molar-refractivity contribution in [2.75, 3.05) is 27.5 Å². The number of aromatic nitrogens is 2. The van der Waals surface area contributed by atoms with Gasteiger partial charge in [-0.15, -0.1) is 0 Å². The molecule has 0 saturated heterocycles. The van der Waals surface area contributed by atoms with Crippen LogP contribution >= 0.6 is 0 Å². The van der Waals surface area contributed by atoms with Crippen LogP contribution < -0.4 is 26.8 Å². The zero-order valence-electron chi connectivity index (χ0n) is 18.6.